The number of nitrogens with one attached hydrogen (secondary N) is 1. The number of anilines is 2. The Kier molecular flexibility index (Phi) is 9.43. The number of hydrogen-bond donors (Lipinski definition) is 1. The number of benzene rings is 7. The van der Waals surface area contributed by atoms with Crippen molar-refractivity contribution in [2.45, 2.75) is 13.8 Å². The average Bonchev–Trinajstić information content (AvgIpc) is 3.16. The molecule has 0 bridgehead atoms. The van der Waals surface area contributed by atoms with Crippen molar-refractivity contribution in [3.63, 3.8) is 0 Å². The van der Waals surface area contributed by atoms with Gasteiger partial charge < -0.3 is 5.32 Å². The van der Waals surface area contributed by atoms with Gasteiger partial charge in [-0.3, -0.25) is 0 Å². The molecule has 0 amide bonds. The highest BCUT2D eigenvalue weighted by Gasteiger charge is 2.09. The van der Waals surface area contributed by atoms with Gasteiger partial charge in [0.1, 0.15) is 0 Å². The van der Waals surface area contributed by atoms with Crippen LogP contribution in [0.5, 0.6) is 0 Å². The zero-order valence-corrected chi connectivity index (χ0v) is 28.0. The Morgan fingerprint density at radius 1 is 0.388 bits per heavy atom. The van der Waals surface area contributed by atoms with Crippen LogP contribution in [0, 0.1) is 13.8 Å². The summed E-state index contributed by atoms with van der Waals surface area (Å²) in [4.78, 5) is 0. The van der Waals surface area contributed by atoms with Crippen LogP contribution in [0.25, 0.3) is 34.4 Å². The highest BCUT2D eigenvalue weighted by atomic mass is 14.9. The lowest BCUT2D eigenvalue weighted by atomic mass is 9.93. The molecule has 7 aromatic carbocycles. The Bertz CT molecular complexity index is 2190. The molecule has 1 nitrogen and oxygen atoms in total. The summed E-state index contributed by atoms with van der Waals surface area (Å²) in [5, 5.41) is 3.54. The third kappa shape index (κ3) is 7.70. The van der Waals surface area contributed by atoms with E-state index < -0.39 is 0 Å². The summed E-state index contributed by atoms with van der Waals surface area (Å²) in [7, 11) is 0. The molecule has 1 N–H and O–H groups in total. The molecule has 0 aliphatic carbocycles. The Morgan fingerprint density at radius 2 is 0.796 bits per heavy atom. The zero-order chi connectivity index (χ0) is 33.4. The number of para-hydroxylation sites is 1. The van der Waals surface area contributed by atoms with Crippen molar-refractivity contribution >= 4 is 34.7 Å². The first-order valence-electron chi connectivity index (χ1n) is 16.8. The topological polar surface area (TPSA) is 12.0 Å². The van der Waals surface area contributed by atoms with Gasteiger partial charge in [-0.25, -0.2) is 0 Å². The summed E-state index contributed by atoms with van der Waals surface area (Å²) >= 11 is 0. The fraction of sp³-hybridized carbons (Fsp3) is 0.0417. The van der Waals surface area contributed by atoms with Crippen molar-refractivity contribution in [1.29, 1.82) is 0 Å². The second-order valence-electron chi connectivity index (χ2n) is 12.5. The number of rotatable bonds is 9. The van der Waals surface area contributed by atoms with E-state index in [1.54, 1.807) is 0 Å². The Hall–Kier alpha value is -6.18. The Balaban J connectivity index is 1.14. The van der Waals surface area contributed by atoms with E-state index in [1.807, 2.05) is 0 Å². The fourth-order valence-electron chi connectivity index (χ4n) is 6.11. The normalized spacial score (nSPS) is 11.7. The molecule has 0 unspecified atom stereocenters. The van der Waals surface area contributed by atoms with Gasteiger partial charge in [0, 0.05) is 11.4 Å². The van der Waals surface area contributed by atoms with Crippen LogP contribution in [0.15, 0.2) is 182 Å². The predicted octanol–water partition coefficient (Wildman–Crippen LogP) is 12.9. The van der Waals surface area contributed by atoms with Crippen LogP contribution in [0.4, 0.5) is 11.4 Å². The highest BCUT2D eigenvalue weighted by Crippen LogP contribution is 2.31. The van der Waals surface area contributed by atoms with Gasteiger partial charge in [0.25, 0.3) is 0 Å². The summed E-state index contributed by atoms with van der Waals surface area (Å²) in [5.74, 6) is 0. The molecule has 0 aromatic heterocycles. The van der Waals surface area contributed by atoms with Crippen LogP contribution in [0.1, 0.15) is 44.5 Å². The smallest absolute Gasteiger partial charge is 0.0413 e. The van der Waals surface area contributed by atoms with E-state index in [4.69, 9.17) is 0 Å². The number of aryl methyl sites for hydroxylation is 2. The van der Waals surface area contributed by atoms with Gasteiger partial charge in [-0.2, -0.15) is 0 Å². The maximum Gasteiger partial charge on any atom is 0.0413 e. The standard InChI is InChI=1S/C48H39N/c1-35-17-23-43(24-18-35)46(41-12-5-3-6-13-41)33-37-19-25-39(26-20-37)40-27-29-44(30-28-40)47(42-14-7-4-8-15-42)34-38-21-31-45(32-22-38)49-48-16-10-9-11-36(48)2/h3-34,49H,1-2H3. The van der Waals surface area contributed by atoms with Gasteiger partial charge >= 0.3 is 0 Å². The molecule has 0 aliphatic heterocycles. The Morgan fingerprint density at radius 3 is 1.31 bits per heavy atom. The minimum atomic E-state index is 1.07. The minimum Gasteiger partial charge on any atom is -0.355 e. The molecule has 0 heterocycles. The van der Waals surface area contributed by atoms with Crippen molar-refractivity contribution in [3.05, 3.63) is 226 Å². The average molecular weight is 630 g/mol. The summed E-state index contributed by atoms with van der Waals surface area (Å²) in [5.41, 5.74) is 16.6. The SMILES string of the molecule is Cc1ccc(C(=Cc2ccc(-c3ccc(C(=Cc4ccc(Nc5ccccc5C)cc4)c4ccccc4)cc3)cc2)c2ccccc2)cc1. The van der Waals surface area contributed by atoms with Crippen LogP contribution in [-0.4, -0.2) is 0 Å². The van der Waals surface area contributed by atoms with Gasteiger partial charge in [-0.15, -0.1) is 0 Å². The summed E-state index contributed by atoms with van der Waals surface area (Å²) in [6.45, 7) is 4.25. The van der Waals surface area contributed by atoms with Gasteiger partial charge in [0.2, 0.25) is 0 Å². The van der Waals surface area contributed by atoms with Crippen molar-refractivity contribution in [3.8, 4) is 11.1 Å². The van der Waals surface area contributed by atoms with Crippen LogP contribution in [-0.2, 0) is 0 Å². The molecule has 49 heavy (non-hydrogen) atoms. The largest absolute Gasteiger partial charge is 0.355 e. The van der Waals surface area contributed by atoms with Crippen molar-refractivity contribution in [1.82, 2.24) is 0 Å². The first kappa shape index (κ1) is 31.4. The molecule has 0 atom stereocenters. The van der Waals surface area contributed by atoms with E-state index in [-0.39, 0.29) is 0 Å². The monoisotopic (exact) mass is 629 g/mol. The van der Waals surface area contributed by atoms with Crippen LogP contribution in [0.2, 0.25) is 0 Å². The maximum atomic E-state index is 3.54. The number of hydrogen-bond acceptors (Lipinski definition) is 1. The molecule has 1 heteroatoms. The van der Waals surface area contributed by atoms with Gasteiger partial charge in [-0.1, -0.05) is 169 Å². The van der Waals surface area contributed by atoms with E-state index in [0.717, 1.165) is 16.9 Å². The van der Waals surface area contributed by atoms with E-state index in [1.165, 1.54) is 61.2 Å². The first-order valence-corrected chi connectivity index (χ1v) is 16.8. The van der Waals surface area contributed by atoms with Crippen LogP contribution < -0.4 is 5.32 Å². The fourth-order valence-corrected chi connectivity index (χ4v) is 6.11. The second kappa shape index (κ2) is 14.7. The van der Waals surface area contributed by atoms with Gasteiger partial charge in [0.05, 0.1) is 0 Å². The molecule has 0 radical (unpaired) electrons. The van der Waals surface area contributed by atoms with E-state index >= 15 is 0 Å². The molecule has 0 spiro atoms. The van der Waals surface area contributed by atoms with E-state index in [0.29, 0.717) is 0 Å². The summed E-state index contributed by atoms with van der Waals surface area (Å²) in [6, 6.07) is 64.9. The van der Waals surface area contributed by atoms with Crippen LogP contribution >= 0.6 is 0 Å². The second-order valence-corrected chi connectivity index (χ2v) is 12.5. The quantitative estimate of drug-likeness (QED) is 0.157. The molecule has 0 fully saturated rings. The lowest BCUT2D eigenvalue weighted by molar-refractivity contribution is 1.43. The van der Waals surface area contributed by atoms with E-state index in [2.05, 4.69) is 213 Å². The predicted molar refractivity (Wildman–Crippen MR) is 211 cm³/mol. The lowest BCUT2D eigenvalue weighted by Gasteiger charge is -2.12. The molecule has 0 saturated heterocycles. The highest BCUT2D eigenvalue weighted by molar-refractivity contribution is 5.93. The van der Waals surface area contributed by atoms with Crippen molar-refractivity contribution in [2.24, 2.45) is 0 Å². The van der Waals surface area contributed by atoms with Crippen LogP contribution in [0.3, 0.4) is 0 Å². The van der Waals surface area contributed by atoms with E-state index in [9.17, 15) is 0 Å². The Labute approximate surface area is 290 Å². The third-order valence-corrected chi connectivity index (χ3v) is 8.93. The zero-order valence-electron chi connectivity index (χ0n) is 28.0. The third-order valence-electron chi connectivity index (χ3n) is 8.93. The molecule has 236 valence electrons. The molecule has 0 saturated carbocycles. The summed E-state index contributed by atoms with van der Waals surface area (Å²) in [6.07, 6.45) is 4.57. The minimum absolute atomic E-state index is 1.07. The molecule has 7 rings (SSSR count). The molecule has 7 aromatic rings. The molecular weight excluding hydrogens is 591 g/mol. The van der Waals surface area contributed by atoms with Crippen molar-refractivity contribution < 1.29 is 0 Å². The summed E-state index contributed by atoms with van der Waals surface area (Å²) < 4.78 is 0. The molecule has 0 aliphatic rings. The maximum absolute atomic E-state index is 3.54. The first-order chi connectivity index (χ1) is 24.1. The van der Waals surface area contributed by atoms with Crippen molar-refractivity contribution in [2.75, 3.05) is 5.32 Å². The lowest BCUT2D eigenvalue weighted by Crippen LogP contribution is -1.93. The van der Waals surface area contributed by atoms with Gasteiger partial charge in [-0.05, 0) is 105 Å². The van der Waals surface area contributed by atoms with Gasteiger partial charge in [0.15, 0.2) is 0 Å². The molecular formula is C48H39N.